The van der Waals surface area contributed by atoms with Crippen LogP contribution in [0.25, 0.3) is 0 Å². The molecule has 0 unspecified atom stereocenters. The van der Waals surface area contributed by atoms with Crippen molar-refractivity contribution >= 4 is 11.3 Å². The number of hydrogen-bond donors (Lipinski definition) is 1. The van der Waals surface area contributed by atoms with Gasteiger partial charge in [-0.1, -0.05) is 0 Å². The molecule has 0 fully saturated rings. The molecule has 2 rings (SSSR count). The van der Waals surface area contributed by atoms with E-state index in [0.29, 0.717) is 6.54 Å². The minimum atomic E-state index is 0.551. The highest BCUT2D eigenvalue weighted by Crippen LogP contribution is 2.14. The molecular formula is C10H14N4S. The fourth-order valence-electron chi connectivity index (χ4n) is 1.64. The van der Waals surface area contributed by atoms with Crippen LogP contribution >= 0.6 is 11.3 Å². The van der Waals surface area contributed by atoms with E-state index in [0.717, 1.165) is 28.5 Å². The van der Waals surface area contributed by atoms with Gasteiger partial charge in [-0.15, -0.1) is 11.3 Å². The zero-order chi connectivity index (χ0) is 10.8. The van der Waals surface area contributed by atoms with E-state index in [-0.39, 0.29) is 0 Å². The number of nitrogens with zero attached hydrogens (tertiary/aromatic N) is 3. The van der Waals surface area contributed by atoms with Crippen molar-refractivity contribution in [3.05, 3.63) is 33.5 Å². The summed E-state index contributed by atoms with van der Waals surface area (Å²) in [5, 5.41) is 7.51. The van der Waals surface area contributed by atoms with Crippen molar-refractivity contribution in [3.8, 4) is 0 Å². The highest BCUT2D eigenvalue weighted by Gasteiger charge is 2.10. The second-order valence-corrected chi connectivity index (χ2v) is 4.42. The van der Waals surface area contributed by atoms with Gasteiger partial charge in [0.15, 0.2) is 0 Å². The van der Waals surface area contributed by atoms with Gasteiger partial charge in [0.1, 0.15) is 5.01 Å². The van der Waals surface area contributed by atoms with E-state index in [2.05, 4.69) is 17.0 Å². The van der Waals surface area contributed by atoms with E-state index in [1.807, 2.05) is 23.2 Å². The second-order valence-electron chi connectivity index (χ2n) is 3.44. The molecule has 0 aliphatic rings. The highest BCUT2D eigenvalue weighted by atomic mass is 32.1. The van der Waals surface area contributed by atoms with Gasteiger partial charge in [0, 0.05) is 29.4 Å². The predicted molar refractivity (Wildman–Crippen MR) is 60.8 cm³/mol. The molecule has 2 N–H and O–H groups in total. The molecule has 0 atom stereocenters. The standard InChI is InChI=1S/C10H14N4S/c1-7-9(5-11)8(2)14(13-7)6-10-12-3-4-15-10/h3-4H,5-6,11H2,1-2H3. The summed E-state index contributed by atoms with van der Waals surface area (Å²) in [4.78, 5) is 4.24. The van der Waals surface area contributed by atoms with Crippen molar-refractivity contribution < 1.29 is 0 Å². The molecule has 0 saturated heterocycles. The van der Waals surface area contributed by atoms with E-state index >= 15 is 0 Å². The Bertz CT molecular complexity index is 444. The molecule has 0 spiro atoms. The topological polar surface area (TPSA) is 56.7 Å². The monoisotopic (exact) mass is 222 g/mol. The fourth-order valence-corrected chi connectivity index (χ4v) is 2.24. The highest BCUT2D eigenvalue weighted by molar-refractivity contribution is 7.09. The summed E-state index contributed by atoms with van der Waals surface area (Å²) in [6.45, 7) is 5.34. The van der Waals surface area contributed by atoms with Crippen molar-refractivity contribution in [1.82, 2.24) is 14.8 Å². The maximum absolute atomic E-state index is 5.67. The summed E-state index contributed by atoms with van der Waals surface area (Å²) in [5.74, 6) is 0. The molecular weight excluding hydrogens is 208 g/mol. The van der Waals surface area contributed by atoms with Crippen LogP contribution in [0.1, 0.15) is 22.0 Å². The largest absolute Gasteiger partial charge is 0.326 e. The van der Waals surface area contributed by atoms with Crippen LogP contribution in [0.3, 0.4) is 0 Å². The van der Waals surface area contributed by atoms with Crippen LogP contribution in [0.5, 0.6) is 0 Å². The van der Waals surface area contributed by atoms with E-state index in [1.165, 1.54) is 0 Å². The molecule has 0 aliphatic carbocycles. The van der Waals surface area contributed by atoms with E-state index in [1.54, 1.807) is 11.3 Å². The Morgan fingerprint density at radius 1 is 1.47 bits per heavy atom. The van der Waals surface area contributed by atoms with Gasteiger partial charge in [-0.05, 0) is 13.8 Å². The predicted octanol–water partition coefficient (Wildman–Crippen LogP) is 1.46. The molecule has 15 heavy (non-hydrogen) atoms. The number of nitrogens with two attached hydrogens (primary N) is 1. The quantitative estimate of drug-likeness (QED) is 0.855. The van der Waals surface area contributed by atoms with Crippen LogP contribution in [0.4, 0.5) is 0 Å². The van der Waals surface area contributed by atoms with Crippen molar-refractivity contribution in [2.24, 2.45) is 5.73 Å². The molecule has 0 bridgehead atoms. The Morgan fingerprint density at radius 3 is 2.80 bits per heavy atom. The third-order valence-electron chi connectivity index (χ3n) is 2.50. The van der Waals surface area contributed by atoms with Crippen molar-refractivity contribution in [2.75, 3.05) is 0 Å². The van der Waals surface area contributed by atoms with Crippen LogP contribution in [-0.2, 0) is 13.1 Å². The maximum Gasteiger partial charge on any atom is 0.114 e. The summed E-state index contributed by atoms with van der Waals surface area (Å²) < 4.78 is 1.97. The Hall–Kier alpha value is -1.20. The van der Waals surface area contributed by atoms with Crippen molar-refractivity contribution in [2.45, 2.75) is 26.9 Å². The SMILES string of the molecule is Cc1nn(Cc2nccs2)c(C)c1CN. The summed E-state index contributed by atoms with van der Waals surface area (Å²) >= 11 is 1.65. The van der Waals surface area contributed by atoms with Gasteiger partial charge >= 0.3 is 0 Å². The summed E-state index contributed by atoms with van der Waals surface area (Å²) in [7, 11) is 0. The summed E-state index contributed by atoms with van der Waals surface area (Å²) in [6.07, 6.45) is 1.82. The zero-order valence-corrected chi connectivity index (χ0v) is 9.71. The Kier molecular flexibility index (Phi) is 2.83. The lowest BCUT2D eigenvalue weighted by Crippen LogP contribution is -2.05. The van der Waals surface area contributed by atoms with E-state index in [4.69, 9.17) is 5.73 Å². The summed E-state index contributed by atoms with van der Waals surface area (Å²) in [6, 6.07) is 0. The van der Waals surface area contributed by atoms with Gasteiger partial charge in [-0.25, -0.2) is 4.98 Å². The van der Waals surface area contributed by atoms with Crippen LogP contribution in [0.15, 0.2) is 11.6 Å². The Balaban J connectivity index is 2.29. The van der Waals surface area contributed by atoms with Crippen LogP contribution in [-0.4, -0.2) is 14.8 Å². The lowest BCUT2D eigenvalue weighted by atomic mass is 10.2. The Morgan fingerprint density at radius 2 is 2.27 bits per heavy atom. The van der Waals surface area contributed by atoms with Gasteiger partial charge in [0.05, 0.1) is 12.2 Å². The Labute approximate surface area is 92.8 Å². The van der Waals surface area contributed by atoms with Gasteiger partial charge in [0.2, 0.25) is 0 Å². The van der Waals surface area contributed by atoms with Gasteiger partial charge < -0.3 is 5.73 Å². The van der Waals surface area contributed by atoms with E-state index < -0.39 is 0 Å². The average Bonchev–Trinajstić information content (AvgIpc) is 2.78. The van der Waals surface area contributed by atoms with Gasteiger partial charge in [0.25, 0.3) is 0 Å². The lowest BCUT2D eigenvalue weighted by molar-refractivity contribution is 0.655. The molecule has 2 heterocycles. The van der Waals surface area contributed by atoms with Crippen LogP contribution < -0.4 is 5.73 Å². The minimum Gasteiger partial charge on any atom is -0.326 e. The second kappa shape index (κ2) is 4.12. The third kappa shape index (κ3) is 1.93. The molecule has 5 heteroatoms. The first-order valence-corrected chi connectivity index (χ1v) is 5.71. The fraction of sp³-hybridized carbons (Fsp3) is 0.400. The number of aromatic nitrogens is 3. The molecule has 0 radical (unpaired) electrons. The van der Waals surface area contributed by atoms with Gasteiger partial charge in [-0.3, -0.25) is 4.68 Å². The molecule has 2 aromatic heterocycles. The zero-order valence-electron chi connectivity index (χ0n) is 8.90. The van der Waals surface area contributed by atoms with Crippen molar-refractivity contribution in [3.63, 3.8) is 0 Å². The lowest BCUT2D eigenvalue weighted by Gasteiger charge is -2.01. The summed E-state index contributed by atoms with van der Waals surface area (Å²) in [5.41, 5.74) is 8.98. The molecule has 0 aliphatic heterocycles. The van der Waals surface area contributed by atoms with Crippen molar-refractivity contribution in [1.29, 1.82) is 0 Å². The average molecular weight is 222 g/mol. The molecule has 0 saturated carbocycles. The van der Waals surface area contributed by atoms with E-state index in [9.17, 15) is 0 Å². The molecule has 0 amide bonds. The molecule has 2 aromatic rings. The first-order chi connectivity index (χ1) is 7.22. The van der Waals surface area contributed by atoms with Crippen LogP contribution in [0.2, 0.25) is 0 Å². The number of thiazole rings is 1. The molecule has 0 aromatic carbocycles. The third-order valence-corrected chi connectivity index (χ3v) is 3.27. The molecule has 80 valence electrons. The number of rotatable bonds is 3. The molecule has 4 nitrogen and oxygen atoms in total. The first kappa shape index (κ1) is 10.3. The smallest absolute Gasteiger partial charge is 0.114 e. The maximum atomic E-state index is 5.67. The minimum absolute atomic E-state index is 0.551. The number of hydrogen-bond acceptors (Lipinski definition) is 4. The normalized spacial score (nSPS) is 10.9. The van der Waals surface area contributed by atoms with Crippen LogP contribution in [0, 0.1) is 13.8 Å². The number of aryl methyl sites for hydroxylation is 1. The first-order valence-electron chi connectivity index (χ1n) is 4.83. The van der Waals surface area contributed by atoms with Gasteiger partial charge in [-0.2, -0.15) is 5.10 Å².